The van der Waals surface area contributed by atoms with Gasteiger partial charge in [-0.1, -0.05) is 35.0 Å². The number of carbonyl (C=O) groups is 2. The molecule has 29 heavy (non-hydrogen) atoms. The number of methoxy groups -OCH3 is 1. The van der Waals surface area contributed by atoms with E-state index >= 15 is 0 Å². The molecule has 0 N–H and O–H groups in total. The lowest BCUT2D eigenvalue weighted by Crippen LogP contribution is -2.48. The Hall–Kier alpha value is -2.39. The second-order valence-corrected chi connectivity index (χ2v) is 8.02. The molecule has 3 rings (SSSR count). The number of esters is 1. The molecule has 0 spiro atoms. The number of ether oxygens (including phenoxy) is 1. The molecule has 0 atom stereocenters. The Kier molecular flexibility index (Phi) is 7.65. The topological polar surface area (TPSA) is 88.8 Å². The number of aromatic nitrogens is 2. The third-order valence-electron chi connectivity index (χ3n) is 4.77. The van der Waals surface area contributed by atoms with Crippen LogP contribution in [0.5, 0.6) is 0 Å². The maximum atomic E-state index is 12.3. The molecule has 0 saturated carbocycles. The fourth-order valence-corrected chi connectivity index (χ4v) is 3.77. The Labute approximate surface area is 174 Å². The molecule has 0 unspecified atom stereocenters. The van der Waals surface area contributed by atoms with Gasteiger partial charge in [-0.2, -0.15) is 4.98 Å². The highest BCUT2D eigenvalue weighted by atomic mass is 32.2. The fourth-order valence-electron chi connectivity index (χ4n) is 3.02. The number of piperazine rings is 1. The Balaban J connectivity index is 1.40. The smallest absolute Gasteiger partial charge is 0.315 e. The molecular formula is C20H26N4O4S. The molecule has 1 aromatic carbocycles. The number of amides is 1. The highest BCUT2D eigenvalue weighted by Crippen LogP contribution is 2.17. The van der Waals surface area contributed by atoms with E-state index < -0.39 is 0 Å². The van der Waals surface area contributed by atoms with Gasteiger partial charge >= 0.3 is 5.97 Å². The van der Waals surface area contributed by atoms with Gasteiger partial charge in [0.05, 0.1) is 19.4 Å². The van der Waals surface area contributed by atoms with Crippen molar-refractivity contribution in [1.29, 1.82) is 0 Å². The average molecular weight is 419 g/mol. The predicted octanol–water partition coefficient (Wildman–Crippen LogP) is 1.99. The summed E-state index contributed by atoms with van der Waals surface area (Å²) in [4.78, 5) is 32.0. The van der Waals surface area contributed by atoms with Crippen molar-refractivity contribution in [1.82, 2.24) is 19.9 Å². The summed E-state index contributed by atoms with van der Waals surface area (Å²) in [6.45, 7) is 5.51. The number of hydrogen-bond acceptors (Lipinski definition) is 8. The van der Waals surface area contributed by atoms with Crippen LogP contribution >= 0.6 is 11.8 Å². The van der Waals surface area contributed by atoms with Crippen LogP contribution in [0.25, 0.3) is 11.4 Å². The van der Waals surface area contributed by atoms with Gasteiger partial charge in [-0.15, -0.1) is 11.8 Å². The molecule has 1 aliphatic heterocycles. The van der Waals surface area contributed by atoms with Crippen LogP contribution in [0, 0.1) is 6.92 Å². The van der Waals surface area contributed by atoms with E-state index in [2.05, 4.69) is 19.8 Å². The Morgan fingerprint density at radius 3 is 2.59 bits per heavy atom. The lowest BCUT2D eigenvalue weighted by molar-refractivity contribution is -0.137. The highest BCUT2D eigenvalue weighted by molar-refractivity contribution is 7.99. The first-order valence-electron chi connectivity index (χ1n) is 9.59. The van der Waals surface area contributed by atoms with Gasteiger partial charge in [-0.25, -0.2) is 0 Å². The van der Waals surface area contributed by atoms with Gasteiger partial charge in [0.25, 0.3) is 0 Å². The van der Waals surface area contributed by atoms with E-state index in [0.29, 0.717) is 43.5 Å². The number of aryl methyl sites for hydroxylation is 1. The average Bonchev–Trinajstić information content (AvgIpc) is 3.20. The second kappa shape index (κ2) is 10.4. The zero-order valence-corrected chi connectivity index (χ0v) is 17.6. The largest absolute Gasteiger partial charge is 0.468 e. The summed E-state index contributed by atoms with van der Waals surface area (Å²) in [5.41, 5.74) is 2.12. The number of nitrogens with zero attached hydrogens (tertiary/aromatic N) is 4. The zero-order valence-electron chi connectivity index (χ0n) is 16.8. The van der Waals surface area contributed by atoms with E-state index in [9.17, 15) is 9.59 Å². The molecule has 2 aromatic rings. The zero-order chi connectivity index (χ0) is 20.6. The summed E-state index contributed by atoms with van der Waals surface area (Å²) >= 11 is 1.42. The molecule has 0 aliphatic carbocycles. The Bertz CT molecular complexity index is 816. The molecule has 1 saturated heterocycles. The fraction of sp³-hybridized carbons (Fsp3) is 0.500. The number of benzene rings is 1. The van der Waals surface area contributed by atoms with Gasteiger partial charge in [-0.05, 0) is 6.92 Å². The van der Waals surface area contributed by atoms with Crippen molar-refractivity contribution in [3.05, 3.63) is 35.7 Å². The van der Waals surface area contributed by atoms with Crippen molar-refractivity contribution < 1.29 is 18.8 Å². The van der Waals surface area contributed by atoms with Crippen molar-refractivity contribution in [2.24, 2.45) is 0 Å². The third kappa shape index (κ3) is 6.30. The Morgan fingerprint density at radius 2 is 1.90 bits per heavy atom. The summed E-state index contributed by atoms with van der Waals surface area (Å²) in [5.74, 6) is 1.95. The standard InChI is InChI=1S/C20H26N4O4S/c1-15-3-5-16(6-4-15)20-21-17(28-22-20)13-23-8-10-24(11-9-23)18(25)7-12-29-14-19(26)27-2/h3-6H,7-14H2,1-2H3. The molecule has 156 valence electrons. The lowest BCUT2D eigenvalue weighted by atomic mass is 10.1. The van der Waals surface area contributed by atoms with Crippen LogP contribution in [0.1, 0.15) is 17.9 Å². The minimum absolute atomic E-state index is 0.126. The summed E-state index contributed by atoms with van der Waals surface area (Å²) in [6, 6.07) is 8.01. The Morgan fingerprint density at radius 1 is 1.17 bits per heavy atom. The molecule has 8 nitrogen and oxygen atoms in total. The van der Waals surface area contributed by atoms with E-state index in [4.69, 9.17) is 4.52 Å². The van der Waals surface area contributed by atoms with Gasteiger partial charge in [0.2, 0.25) is 17.6 Å². The molecule has 0 bridgehead atoms. The third-order valence-corrected chi connectivity index (χ3v) is 5.70. The molecule has 1 fully saturated rings. The number of carbonyl (C=O) groups excluding carboxylic acids is 2. The summed E-state index contributed by atoms with van der Waals surface area (Å²) in [7, 11) is 1.37. The molecule has 1 aromatic heterocycles. The maximum Gasteiger partial charge on any atom is 0.315 e. The summed E-state index contributed by atoms with van der Waals surface area (Å²) in [5, 5.41) is 4.07. The van der Waals surface area contributed by atoms with Gasteiger partial charge in [0.15, 0.2) is 0 Å². The quantitative estimate of drug-likeness (QED) is 0.475. The lowest BCUT2D eigenvalue weighted by Gasteiger charge is -2.34. The maximum absolute atomic E-state index is 12.3. The van der Waals surface area contributed by atoms with E-state index in [1.165, 1.54) is 24.4 Å². The van der Waals surface area contributed by atoms with E-state index in [0.717, 1.165) is 18.7 Å². The first kappa shape index (κ1) is 21.3. The molecule has 1 amide bonds. The van der Waals surface area contributed by atoms with Crippen LogP contribution in [-0.4, -0.2) is 76.6 Å². The van der Waals surface area contributed by atoms with Gasteiger partial charge in [0, 0.05) is 43.9 Å². The highest BCUT2D eigenvalue weighted by Gasteiger charge is 2.22. The van der Waals surface area contributed by atoms with Gasteiger partial charge in [0.1, 0.15) is 0 Å². The predicted molar refractivity (Wildman–Crippen MR) is 110 cm³/mol. The van der Waals surface area contributed by atoms with Crippen LogP contribution in [0.4, 0.5) is 0 Å². The van der Waals surface area contributed by atoms with E-state index in [-0.39, 0.29) is 17.6 Å². The molecule has 1 aliphatic rings. The SMILES string of the molecule is COC(=O)CSCCC(=O)N1CCN(Cc2nc(-c3ccc(C)cc3)no2)CC1. The van der Waals surface area contributed by atoms with Crippen molar-refractivity contribution in [3.63, 3.8) is 0 Å². The van der Waals surface area contributed by atoms with Crippen molar-refractivity contribution in [2.75, 3.05) is 44.8 Å². The number of thioether (sulfide) groups is 1. The van der Waals surface area contributed by atoms with Crippen LogP contribution in [0.3, 0.4) is 0 Å². The summed E-state index contributed by atoms with van der Waals surface area (Å²) in [6.07, 6.45) is 0.436. The van der Waals surface area contributed by atoms with Crippen molar-refractivity contribution in [2.45, 2.75) is 19.9 Å². The molecule has 0 radical (unpaired) electrons. The van der Waals surface area contributed by atoms with Gasteiger partial charge in [-0.3, -0.25) is 14.5 Å². The first-order valence-corrected chi connectivity index (χ1v) is 10.7. The van der Waals surface area contributed by atoms with Crippen LogP contribution in [0.15, 0.2) is 28.8 Å². The van der Waals surface area contributed by atoms with Crippen molar-refractivity contribution >= 4 is 23.6 Å². The molecular weight excluding hydrogens is 392 g/mol. The van der Waals surface area contributed by atoms with Crippen molar-refractivity contribution in [3.8, 4) is 11.4 Å². The summed E-state index contributed by atoms with van der Waals surface area (Å²) < 4.78 is 9.98. The van der Waals surface area contributed by atoms with E-state index in [1.807, 2.05) is 36.1 Å². The number of rotatable bonds is 8. The minimum Gasteiger partial charge on any atom is -0.468 e. The normalized spacial score (nSPS) is 14.8. The number of hydrogen-bond donors (Lipinski definition) is 0. The van der Waals surface area contributed by atoms with E-state index in [1.54, 1.807) is 0 Å². The van der Waals surface area contributed by atoms with Gasteiger partial charge < -0.3 is 14.2 Å². The minimum atomic E-state index is -0.261. The van der Waals surface area contributed by atoms with Crippen LogP contribution < -0.4 is 0 Å². The molecule has 9 heteroatoms. The first-order chi connectivity index (χ1) is 14.0. The second-order valence-electron chi connectivity index (χ2n) is 6.91. The monoisotopic (exact) mass is 418 g/mol. The molecule has 2 heterocycles. The van der Waals surface area contributed by atoms with Crippen LogP contribution in [0.2, 0.25) is 0 Å². The van der Waals surface area contributed by atoms with Crippen LogP contribution in [-0.2, 0) is 20.9 Å².